The predicted octanol–water partition coefficient (Wildman–Crippen LogP) is 2.61. The van der Waals surface area contributed by atoms with E-state index in [0.29, 0.717) is 13.1 Å². The van der Waals surface area contributed by atoms with Crippen molar-refractivity contribution in [1.82, 2.24) is 19.4 Å². The summed E-state index contributed by atoms with van der Waals surface area (Å²) in [5.74, 6) is 0. The molecule has 112 valence electrons. The number of pyridine rings is 1. The van der Waals surface area contributed by atoms with E-state index >= 15 is 0 Å². The maximum Gasteiger partial charge on any atom is 0.410 e. The largest absolute Gasteiger partial charge is 0.444 e. The molecule has 0 N–H and O–H groups in total. The van der Waals surface area contributed by atoms with E-state index in [0.717, 1.165) is 17.6 Å². The summed E-state index contributed by atoms with van der Waals surface area (Å²) in [6, 6.07) is 4.14. The molecule has 1 fully saturated rings. The number of imidazole rings is 1. The lowest BCUT2D eigenvalue weighted by Crippen LogP contribution is -2.35. The second-order valence-electron chi connectivity index (χ2n) is 6.37. The van der Waals surface area contributed by atoms with Crippen molar-refractivity contribution in [3.63, 3.8) is 0 Å². The lowest BCUT2D eigenvalue weighted by Gasteiger charge is -2.24. The summed E-state index contributed by atoms with van der Waals surface area (Å²) in [5.41, 5.74) is 1.29. The zero-order valence-electron chi connectivity index (χ0n) is 12.6. The van der Waals surface area contributed by atoms with Gasteiger partial charge in [-0.05, 0) is 39.3 Å². The smallest absolute Gasteiger partial charge is 0.410 e. The van der Waals surface area contributed by atoms with E-state index in [1.165, 1.54) is 0 Å². The van der Waals surface area contributed by atoms with Gasteiger partial charge in [-0.2, -0.15) is 0 Å². The molecule has 1 atom stereocenters. The molecule has 6 nitrogen and oxygen atoms in total. The van der Waals surface area contributed by atoms with Crippen LogP contribution in [0.1, 0.15) is 33.2 Å². The Morgan fingerprint density at radius 1 is 1.38 bits per heavy atom. The SMILES string of the molecule is CC(C)(C)OC(=O)N1CCC(n2cnc3ncccc32)C1. The zero-order chi connectivity index (χ0) is 15.0. The van der Waals surface area contributed by atoms with Gasteiger partial charge in [0.05, 0.1) is 17.9 Å². The summed E-state index contributed by atoms with van der Waals surface area (Å²) in [4.78, 5) is 22.4. The van der Waals surface area contributed by atoms with Crippen molar-refractivity contribution in [3.8, 4) is 0 Å². The second kappa shape index (κ2) is 5.02. The van der Waals surface area contributed by atoms with Crippen LogP contribution in [0.25, 0.3) is 11.2 Å². The predicted molar refractivity (Wildman–Crippen MR) is 79.0 cm³/mol. The molecule has 1 unspecified atom stereocenters. The number of amides is 1. The summed E-state index contributed by atoms with van der Waals surface area (Å²) in [6.07, 6.45) is 4.20. The monoisotopic (exact) mass is 288 g/mol. The highest BCUT2D eigenvalue weighted by Crippen LogP contribution is 2.26. The molecule has 0 saturated carbocycles. The van der Waals surface area contributed by atoms with Gasteiger partial charge in [0.15, 0.2) is 5.65 Å². The molecule has 0 aromatic carbocycles. The topological polar surface area (TPSA) is 60.2 Å². The van der Waals surface area contributed by atoms with E-state index in [2.05, 4.69) is 14.5 Å². The van der Waals surface area contributed by atoms with E-state index in [9.17, 15) is 4.79 Å². The third-order valence-corrected chi connectivity index (χ3v) is 3.56. The van der Waals surface area contributed by atoms with Crippen LogP contribution in [0.4, 0.5) is 4.79 Å². The average Bonchev–Trinajstić information content (AvgIpc) is 3.03. The number of carbonyl (C=O) groups excluding carboxylic acids is 1. The van der Waals surface area contributed by atoms with E-state index in [1.807, 2.05) is 32.9 Å². The van der Waals surface area contributed by atoms with Crippen molar-refractivity contribution in [2.24, 2.45) is 0 Å². The van der Waals surface area contributed by atoms with Crippen molar-refractivity contribution < 1.29 is 9.53 Å². The molecule has 0 aliphatic carbocycles. The van der Waals surface area contributed by atoms with Gasteiger partial charge in [0.1, 0.15) is 5.60 Å². The normalized spacial score (nSPS) is 19.2. The van der Waals surface area contributed by atoms with Crippen LogP contribution in [-0.2, 0) is 4.74 Å². The van der Waals surface area contributed by atoms with Gasteiger partial charge in [0.25, 0.3) is 0 Å². The minimum Gasteiger partial charge on any atom is -0.444 e. The lowest BCUT2D eigenvalue weighted by molar-refractivity contribution is 0.0289. The molecule has 2 aromatic rings. The molecule has 0 radical (unpaired) electrons. The number of ether oxygens (including phenoxy) is 1. The minimum absolute atomic E-state index is 0.228. The van der Waals surface area contributed by atoms with E-state index in [-0.39, 0.29) is 12.1 Å². The quantitative estimate of drug-likeness (QED) is 0.809. The molecule has 0 bridgehead atoms. The van der Waals surface area contributed by atoms with Gasteiger partial charge in [-0.3, -0.25) is 0 Å². The van der Waals surface area contributed by atoms with Crippen LogP contribution >= 0.6 is 0 Å². The van der Waals surface area contributed by atoms with Gasteiger partial charge in [0.2, 0.25) is 0 Å². The Balaban J connectivity index is 1.74. The van der Waals surface area contributed by atoms with Gasteiger partial charge in [-0.1, -0.05) is 0 Å². The summed E-state index contributed by atoms with van der Waals surface area (Å²) in [6.45, 7) is 7.00. The van der Waals surface area contributed by atoms with Crippen LogP contribution in [0.15, 0.2) is 24.7 Å². The molecule has 2 aromatic heterocycles. The number of likely N-dealkylation sites (tertiary alicyclic amines) is 1. The molecule has 0 spiro atoms. The molecule has 1 aliphatic rings. The summed E-state index contributed by atoms with van der Waals surface area (Å²) < 4.78 is 7.53. The van der Waals surface area contributed by atoms with Gasteiger partial charge in [-0.25, -0.2) is 14.8 Å². The molecule has 1 saturated heterocycles. The fourth-order valence-electron chi connectivity index (χ4n) is 2.62. The van der Waals surface area contributed by atoms with Gasteiger partial charge >= 0.3 is 6.09 Å². The first-order valence-corrected chi connectivity index (χ1v) is 7.19. The molecule has 1 aliphatic heterocycles. The van der Waals surface area contributed by atoms with E-state index < -0.39 is 5.60 Å². The highest BCUT2D eigenvalue weighted by atomic mass is 16.6. The van der Waals surface area contributed by atoms with E-state index in [4.69, 9.17) is 4.74 Å². The maximum absolute atomic E-state index is 12.1. The molecule has 21 heavy (non-hydrogen) atoms. The molecular weight excluding hydrogens is 268 g/mol. The number of fused-ring (bicyclic) bond motifs is 1. The van der Waals surface area contributed by atoms with Crippen LogP contribution in [0.5, 0.6) is 0 Å². The summed E-state index contributed by atoms with van der Waals surface area (Å²) >= 11 is 0. The first-order valence-electron chi connectivity index (χ1n) is 7.19. The highest BCUT2D eigenvalue weighted by Gasteiger charge is 2.31. The molecule has 1 amide bonds. The van der Waals surface area contributed by atoms with Crippen molar-refractivity contribution in [2.75, 3.05) is 13.1 Å². The number of hydrogen-bond donors (Lipinski definition) is 0. The number of nitrogens with zero attached hydrogens (tertiary/aromatic N) is 4. The molecule has 6 heteroatoms. The summed E-state index contributed by atoms with van der Waals surface area (Å²) in [5, 5.41) is 0. The second-order valence-corrected chi connectivity index (χ2v) is 6.37. The zero-order valence-corrected chi connectivity index (χ0v) is 12.6. The molecule has 3 heterocycles. The highest BCUT2D eigenvalue weighted by molar-refractivity contribution is 5.71. The number of hydrogen-bond acceptors (Lipinski definition) is 4. The number of rotatable bonds is 1. The van der Waals surface area contributed by atoms with Crippen LogP contribution in [0.2, 0.25) is 0 Å². The Kier molecular flexibility index (Phi) is 3.31. The fourth-order valence-corrected chi connectivity index (χ4v) is 2.62. The third-order valence-electron chi connectivity index (χ3n) is 3.56. The Labute approximate surface area is 123 Å². The van der Waals surface area contributed by atoms with Gasteiger partial charge < -0.3 is 14.2 Å². The van der Waals surface area contributed by atoms with Gasteiger partial charge in [-0.15, -0.1) is 0 Å². The standard InChI is InChI=1S/C15H20N4O2/c1-15(2,3)21-14(20)18-8-6-11(9-18)19-10-17-13-12(19)5-4-7-16-13/h4-5,7,10-11H,6,8-9H2,1-3H3. The third kappa shape index (κ3) is 2.84. The van der Waals surface area contributed by atoms with Gasteiger partial charge in [0, 0.05) is 19.3 Å². The Hall–Kier alpha value is -2.11. The fraction of sp³-hybridized carbons (Fsp3) is 0.533. The number of carbonyl (C=O) groups is 1. The molecular formula is C15H20N4O2. The number of aromatic nitrogens is 3. The van der Waals surface area contributed by atoms with Crippen molar-refractivity contribution in [1.29, 1.82) is 0 Å². The summed E-state index contributed by atoms with van der Waals surface area (Å²) in [7, 11) is 0. The lowest BCUT2D eigenvalue weighted by atomic mass is 10.2. The minimum atomic E-state index is -0.458. The van der Waals surface area contributed by atoms with Crippen molar-refractivity contribution >= 4 is 17.3 Å². The Morgan fingerprint density at radius 2 is 2.19 bits per heavy atom. The maximum atomic E-state index is 12.1. The van der Waals surface area contributed by atoms with Crippen molar-refractivity contribution in [3.05, 3.63) is 24.7 Å². The first-order chi connectivity index (χ1) is 9.94. The van der Waals surface area contributed by atoms with Crippen molar-refractivity contribution in [2.45, 2.75) is 38.8 Å². The first kappa shape index (κ1) is 13.9. The Bertz CT molecular complexity index is 659. The molecule has 3 rings (SSSR count). The van der Waals surface area contributed by atoms with Crippen LogP contribution < -0.4 is 0 Å². The van der Waals surface area contributed by atoms with Crippen LogP contribution in [-0.4, -0.2) is 44.2 Å². The van der Waals surface area contributed by atoms with Crippen LogP contribution in [0.3, 0.4) is 0 Å². The average molecular weight is 288 g/mol. The Morgan fingerprint density at radius 3 is 2.95 bits per heavy atom. The van der Waals surface area contributed by atoms with Crippen LogP contribution in [0, 0.1) is 0 Å². The van der Waals surface area contributed by atoms with E-state index in [1.54, 1.807) is 17.4 Å².